The molecule has 7 atom stereocenters. The number of rotatable bonds is 47. The first-order valence-corrected chi connectivity index (χ1v) is 27.7. The molecule has 0 radical (unpaired) electrons. The summed E-state index contributed by atoms with van der Waals surface area (Å²) in [5.41, 5.74) is 0. The number of aliphatic hydroxyl groups is 5. The highest BCUT2D eigenvalue weighted by atomic mass is 16.7. The molecule has 382 valence electrons. The molecular formula is C56H105NO8. The number of hydrogen-bond donors (Lipinski definition) is 6. The van der Waals surface area contributed by atoms with Gasteiger partial charge >= 0.3 is 0 Å². The van der Waals surface area contributed by atoms with E-state index in [1.54, 1.807) is 6.08 Å². The molecule has 0 aliphatic carbocycles. The zero-order valence-corrected chi connectivity index (χ0v) is 42.3. The molecule has 1 saturated heterocycles. The van der Waals surface area contributed by atoms with E-state index in [-0.39, 0.29) is 12.5 Å². The molecule has 0 bridgehead atoms. The van der Waals surface area contributed by atoms with E-state index in [1.165, 1.54) is 193 Å². The fraction of sp³-hybridized carbons (Fsp3) is 0.875. The maximum absolute atomic E-state index is 13.0. The summed E-state index contributed by atoms with van der Waals surface area (Å²) >= 11 is 0. The Balaban J connectivity index is 2.16. The number of carbonyl (C=O) groups is 1. The SMILES string of the molecule is CCCCCCC/C=C\C/C=C\CCCCCCCCCCCCCCCCCCCC(=O)NC(COC1OC(CO)C(O)C(O)C1O)C(O)/C=C/CCCCCCCCCCCCC. The maximum atomic E-state index is 13.0. The van der Waals surface area contributed by atoms with Crippen LogP contribution in [0.4, 0.5) is 0 Å². The second-order valence-electron chi connectivity index (χ2n) is 19.4. The van der Waals surface area contributed by atoms with E-state index in [4.69, 9.17) is 9.47 Å². The normalized spacial score (nSPS) is 20.1. The van der Waals surface area contributed by atoms with Crippen molar-refractivity contribution in [3.8, 4) is 0 Å². The van der Waals surface area contributed by atoms with Crippen LogP contribution < -0.4 is 5.32 Å². The van der Waals surface area contributed by atoms with Gasteiger partial charge in [-0.25, -0.2) is 0 Å². The van der Waals surface area contributed by atoms with Gasteiger partial charge in [0.1, 0.15) is 24.4 Å². The van der Waals surface area contributed by atoms with Crippen molar-refractivity contribution < 1.29 is 39.8 Å². The molecule has 1 aliphatic rings. The van der Waals surface area contributed by atoms with E-state index in [0.29, 0.717) is 6.42 Å². The molecule has 65 heavy (non-hydrogen) atoms. The first kappa shape index (κ1) is 61.4. The van der Waals surface area contributed by atoms with Crippen LogP contribution in [0.5, 0.6) is 0 Å². The Morgan fingerprint density at radius 2 is 0.908 bits per heavy atom. The first-order valence-electron chi connectivity index (χ1n) is 27.7. The molecular weight excluding hydrogens is 815 g/mol. The van der Waals surface area contributed by atoms with Crippen molar-refractivity contribution in [3.05, 3.63) is 36.5 Å². The van der Waals surface area contributed by atoms with Crippen LogP contribution in [-0.4, -0.2) is 87.5 Å². The molecule has 1 fully saturated rings. The third-order valence-electron chi connectivity index (χ3n) is 13.2. The number of hydrogen-bond acceptors (Lipinski definition) is 8. The predicted molar refractivity (Wildman–Crippen MR) is 272 cm³/mol. The van der Waals surface area contributed by atoms with Crippen molar-refractivity contribution in [1.29, 1.82) is 0 Å². The second-order valence-corrected chi connectivity index (χ2v) is 19.4. The quantitative estimate of drug-likeness (QED) is 0.0261. The number of aliphatic hydroxyl groups excluding tert-OH is 5. The largest absolute Gasteiger partial charge is 0.394 e. The van der Waals surface area contributed by atoms with Crippen molar-refractivity contribution in [1.82, 2.24) is 5.32 Å². The van der Waals surface area contributed by atoms with Gasteiger partial charge in [-0.1, -0.05) is 237 Å². The average molecular weight is 920 g/mol. The number of allylic oxidation sites excluding steroid dienone is 5. The summed E-state index contributed by atoms with van der Waals surface area (Å²) in [7, 11) is 0. The van der Waals surface area contributed by atoms with Gasteiger partial charge in [0, 0.05) is 6.42 Å². The number of amides is 1. The second kappa shape index (κ2) is 46.2. The van der Waals surface area contributed by atoms with Crippen molar-refractivity contribution in [2.45, 2.75) is 301 Å². The lowest BCUT2D eigenvalue weighted by atomic mass is 9.99. The molecule has 0 saturated carbocycles. The van der Waals surface area contributed by atoms with Crippen molar-refractivity contribution >= 4 is 5.91 Å². The lowest BCUT2D eigenvalue weighted by Gasteiger charge is -2.40. The van der Waals surface area contributed by atoms with Crippen LogP contribution in [0.25, 0.3) is 0 Å². The highest BCUT2D eigenvalue weighted by molar-refractivity contribution is 5.76. The zero-order chi connectivity index (χ0) is 47.3. The third kappa shape index (κ3) is 36.1. The van der Waals surface area contributed by atoms with Gasteiger partial charge in [0.2, 0.25) is 5.91 Å². The molecule has 0 aromatic rings. The fourth-order valence-corrected chi connectivity index (χ4v) is 8.78. The van der Waals surface area contributed by atoms with Crippen molar-refractivity contribution in [2.24, 2.45) is 0 Å². The van der Waals surface area contributed by atoms with Crippen LogP contribution in [0.15, 0.2) is 36.5 Å². The van der Waals surface area contributed by atoms with Crippen LogP contribution in [0.3, 0.4) is 0 Å². The van der Waals surface area contributed by atoms with Gasteiger partial charge in [-0.15, -0.1) is 0 Å². The van der Waals surface area contributed by atoms with Gasteiger partial charge in [-0.05, 0) is 51.4 Å². The van der Waals surface area contributed by atoms with Gasteiger partial charge in [0.25, 0.3) is 0 Å². The Morgan fingerprint density at radius 1 is 0.523 bits per heavy atom. The molecule has 0 aromatic carbocycles. The molecule has 6 N–H and O–H groups in total. The molecule has 9 heteroatoms. The van der Waals surface area contributed by atoms with Crippen LogP contribution in [-0.2, 0) is 14.3 Å². The van der Waals surface area contributed by atoms with Gasteiger partial charge in [0.05, 0.1) is 25.4 Å². The summed E-state index contributed by atoms with van der Waals surface area (Å²) in [6, 6.07) is -0.802. The number of nitrogens with one attached hydrogen (secondary N) is 1. The predicted octanol–water partition coefficient (Wildman–Crippen LogP) is 13.2. The Morgan fingerprint density at radius 3 is 1.32 bits per heavy atom. The van der Waals surface area contributed by atoms with E-state index >= 15 is 0 Å². The minimum absolute atomic E-state index is 0.175. The van der Waals surface area contributed by atoms with Gasteiger partial charge in [-0.3, -0.25) is 4.79 Å². The van der Waals surface area contributed by atoms with E-state index in [9.17, 15) is 30.3 Å². The fourth-order valence-electron chi connectivity index (χ4n) is 8.78. The molecule has 7 unspecified atom stereocenters. The molecule has 1 rings (SSSR count). The monoisotopic (exact) mass is 920 g/mol. The zero-order valence-electron chi connectivity index (χ0n) is 42.3. The van der Waals surface area contributed by atoms with Crippen LogP contribution in [0, 0.1) is 0 Å². The highest BCUT2D eigenvalue weighted by Crippen LogP contribution is 2.23. The van der Waals surface area contributed by atoms with Crippen LogP contribution in [0.1, 0.15) is 258 Å². The van der Waals surface area contributed by atoms with E-state index < -0.39 is 49.5 Å². The Bertz CT molecular complexity index is 1110. The number of unbranched alkanes of at least 4 members (excludes halogenated alkanes) is 33. The van der Waals surface area contributed by atoms with Gasteiger partial charge in [0.15, 0.2) is 6.29 Å². The molecule has 0 spiro atoms. The van der Waals surface area contributed by atoms with E-state index in [0.717, 1.165) is 44.9 Å². The van der Waals surface area contributed by atoms with Crippen molar-refractivity contribution in [3.63, 3.8) is 0 Å². The lowest BCUT2D eigenvalue weighted by molar-refractivity contribution is -0.302. The molecule has 0 aromatic heterocycles. The minimum Gasteiger partial charge on any atom is -0.394 e. The maximum Gasteiger partial charge on any atom is 0.220 e. The Hall–Kier alpha value is -1.59. The summed E-state index contributed by atoms with van der Waals surface area (Å²) in [4.78, 5) is 13.0. The number of carbonyl (C=O) groups excluding carboxylic acids is 1. The van der Waals surface area contributed by atoms with Gasteiger partial charge < -0.3 is 40.3 Å². The van der Waals surface area contributed by atoms with E-state index in [2.05, 4.69) is 43.5 Å². The van der Waals surface area contributed by atoms with Gasteiger partial charge in [-0.2, -0.15) is 0 Å². The Kier molecular flexibility index (Phi) is 43.6. The van der Waals surface area contributed by atoms with Crippen LogP contribution in [0.2, 0.25) is 0 Å². The molecule has 1 amide bonds. The standard InChI is InChI=1S/C56H105NO8/c1-3-5-7-9-11-13-15-17-18-19-20-21-22-23-24-25-26-27-28-29-30-31-32-34-36-38-40-42-44-46-52(60)57-49(48-64-56-55(63)54(62)53(61)51(47-58)65-56)50(59)45-43-41-39-37-35-33-16-14-12-10-8-6-4-2/h15,17,19-20,43,45,49-51,53-56,58-59,61-63H,3-14,16,18,21-42,44,46-48H2,1-2H3,(H,57,60)/b17-15-,20-19-,45-43+. The molecule has 1 heterocycles. The summed E-state index contributed by atoms with van der Waals surface area (Å²) in [5.74, 6) is -0.175. The van der Waals surface area contributed by atoms with Crippen LogP contribution >= 0.6 is 0 Å². The van der Waals surface area contributed by atoms with Crippen molar-refractivity contribution in [2.75, 3.05) is 13.2 Å². The van der Waals surface area contributed by atoms with E-state index in [1.807, 2.05) is 6.08 Å². The highest BCUT2D eigenvalue weighted by Gasteiger charge is 2.44. The first-order chi connectivity index (χ1) is 31.8. The summed E-state index contributed by atoms with van der Waals surface area (Å²) < 4.78 is 11.2. The summed E-state index contributed by atoms with van der Waals surface area (Å²) in [6.45, 7) is 3.77. The summed E-state index contributed by atoms with van der Waals surface area (Å²) in [5, 5.41) is 54.3. The smallest absolute Gasteiger partial charge is 0.220 e. The molecule has 9 nitrogen and oxygen atoms in total. The summed E-state index contributed by atoms with van der Waals surface area (Å²) in [6.07, 6.45) is 52.1. The molecule has 1 aliphatic heterocycles. The Labute approximate surface area is 400 Å². The lowest BCUT2D eigenvalue weighted by Crippen LogP contribution is -2.60. The topological polar surface area (TPSA) is 149 Å². The number of ether oxygens (including phenoxy) is 2. The average Bonchev–Trinajstić information content (AvgIpc) is 3.31. The third-order valence-corrected chi connectivity index (χ3v) is 13.2. The minimum atomic E-state index is -1.56.